The molecule has 3 rings (SSSR count). The minimum absolute atomic E-state index is 0.120. The number of anilines is 2. The van der Waals surface area contributed by atoms with Crippen molar-refractivity contribution in [3.63, 3.8) is 0 Å². The van der Waals surface area contributed by atoms with E-state index in [9.17, 15) is 4.79 Å². The maximum absolute atomic E-state index is 12.8. The number of nitrogens with one attached hydrogen (secondary N) is 1. The summed E-state index contributed by atoms with van der Waals surface area (Å²) in [6.07, 6.45) is 6.08. The predicted octanol–water partition coefficient (Wildman–Crippen LogP) is 2.34. The highest BCUT2D eigenvalue weighted by atomic mass is 16.5. The third kappa shape index (κ3) is 5.06. The van der Waals surface area contributed by atoms with Gasteiger partial charge in [0.1, 0.15) is 5.82 Å². The summed E-state index contributed by atoms with van der Waals surface area (Å²) in [6.45, 7) is 2.79. The third-order valence-corrected chi connectivity index (χ3v) is 4.64. The Morgan fingerprint density at radius 2 is 1.80 bits per heavy atom. The van der Waals surface area contributed by atoms with Crippen molar-refractivity contribution in [1.29, 1.82) is 0 Å². The molecule has 3 heterocycles. The summed E-state index contributed by atoms with van der Waals surface area (Å²) in [5.74, 6) is 0.855. The van der Waals surface area contributed by atoms with Gasteiger partial charge in [-0.2, -0.15) is 0 Å². The zero-order chi connectivity index (χ0) is 17.6. The lowest BCUT2D eigenvalue weighted by Gasteiger charge is -2.28. The molecular weight excluding hydrogens is 320 g/mol. The SMILES string of the molecule is CN(C)c1ccc(NC(=O)N(C[C@@H]2CCCO2)C[C@@H]2CCCO2)cn1. The molecule has 0 radical (unpaired) electrons. The highest BCUT2D eigenvalue weighted by molar-refractivity contribution is 5.89. The van der Waals surface area contributed by atoms with Gasteiger partial charge in [0.25, 0.3) is 0 Å². The van der Waals surface area contributed by atoms with E-state index in [4.69, 9.17) is 9.47 Å². The molecule has 0 saturated carbocycles. The van der Waals surface area contributed by atoms with E-state index >= 15 is 0 Å². The van der Waals surface area contributed by atoms with Crippen molar-refractivity contribution in [1.82, 2.24) is 9.88 Å². The van der Waals surface area contributed by atoms with Gasteiger partial charge in [-0.25, -0.2) is 9.78 Å². The molecule has 2 aliphatic rings. The zero-order valence-electron chi connectivity index (χ0n) is 15.1. The minimum Gasteiger partial charge on any atom is -0.376 e. The number of amides is 2. The normalized spacial score (nSPS) is 22.8. The molecule has 1 aromatic heterocycles. The molecule has 1 N–H and O–H groups in total. The number of pyridine rings is 1. The molecule has 2 amide bonds. The van der Waals surface area contributed by atoms with Gasteiger partial charge in [0.2, 0.25) is 0 Å². The number of ether oxygens (including phenoxy) is 2. The number of carbonyl (C=O) groups is 1. The van der Waals surface area contributed by atoms with Crippen LogP contribution in [0.1, 0.15) is 25.7 Å². The zero-order valence-corrected chi connectivity index (χ0v) is 15.1. The second kappa shape index (κ2) is 8.49. The first kappa shape index (κ1) is 17.9. The number of urea groups is 1. The molecular formula is C18H28N4O3. The van der Waals surface area contributed by atoms with E-state index in [0.29, 0.717) is 18.8 Å². The molecule has 0 aromatic carbocycles. The van der Waals surface area contributed by atoms with Crippen LogP contribution in [0, 0.1) is 0 Å². The Balaban J connectivity index is 1.62. The Morgan fingerprint density at radius 1 is 1.16 bits per heavy atom. The van der Waals surface area contributed by atoms with E-state index in [2.05, 4.69) is 10.3 Å². The minimum atomic E-state index is -0.120. The maximum atomic E-state index is 12.8. The number of rotatable bonds is 6. The van der Waals surface area contributed by atoms with Crippen LogP contribution in [0.5, 0.6) is 0 Å². The van der Waals surface area contributed by atoms with Gasteiger partial charge >= 0.3 is 6.03 Å². The molecule has 7 nitrogen and oxygen atoms in total. The van der Waals surface area contributed by atoms with Gasteiger partial charge in [0.05, 0.1) is 24.1 Å². The van der Waals surface area contributed by atoms with Crippen molar-refractivity contribution in [2.24, 2.45) is 0 Å². The highest BCUT2D eigenvalue weighted by Crippen LogP contribution is 2.19. The Bertz CT molecular complexity index is 534. The molecule has 0 bridgehead atoms. The molecule has 2 aliphatic heterocycles. The second-order valence-corrected chi connectivity index (χ2v) is 6.90. The molecule has 0 unspecified atom stereocenters. The predicted molar refractivity (Wildman–Crippen MR) is 97.1 cm³/mol. The van der Waals surface area contributed by atoms with Crippen molar-refractivity contribution in [2.45, 2.75) is 37.9 Å². The maximum Gasteiger partial charge on any atom is 0.322 e. The third-order valence-electron chi connectivity index (χ3n) is 4.64. The number of hydrogen-bond acceptors (Lipinski definition) is 5. The first-order valence-corrected chi connectivity index (χ1v) is 9.04. The van der Waals surface area contributed by atoms with Crippen molar-refractivity contribution in [3.05, 3.63) is 18.3 Å². The van der Waals surface area contributed by atoms with Crippen molar-refractivity contribution in [2.75, 3.05) is 50.6 Å². The van der Waals surface area contributed by atoms with Gasteiger partial charge in [-0.05, 0) is 37.8 Å². The van der Waals surface area contributed by atoms with E-state index in [0.717, 1.165) is 44.7 Å². The number of carbonyl (C=O) groups excluding carboxylic acids is 1. The van der Waals surface area contributed by atoms with Crippen LogP contribution in [0.2, 0.25) is 0 Å². The lowest BCUT2D eigenvalue weighted by Crippen LogP contribution is -2.44. The summed E-state index contributed by atoms with van der Waals surface area (Å²) >= 11 is 0. The Hall–Kier alpha value is -1.86. The Morgan fingerprint density at radius 3 is 2.24 bits per heavy atom. The average molecular weight is 348 g/mol. The van der Waals surface area contributed by atoms with Gasteiger partial charge < -0.3 is 24.6 Å². The fourth-order valence-electron chi connectivity index (χ4n) is 3.24. The standard InChI is InChI=1S/C18H28N4O3/c1-21(2)17-8-7-14(11-19-17)20-18(23)22(12-15-5-3-9-24-15)13-16-6-4-10-25-16/h7-8,11,15-16H,3-6,9-10,12-13H2,1-2H3,(H,20,23)/t15-,16-/m0/s1. The monoisotopic (exact) mass is 348 g/mol. The van der Waals surface area contributed by atoms with Gasteiger partial charge in [-0.15, -0.1) is 0 Å². The summed E-state index contributed by atoms with van der Waals surface area (Å²) in [6, 6.07) is 3.64. The fourth-order valence-corrected chi connectivity index (χ4v) is 3.24. The highest BCUT2D eigenvalue weighted by Gasteiger charge is 2.27. The topological polar surface area (TPSA) is 66.9 Å². The molecule has 0 aliphatic carbocycles. The van der Waals surface area contributed by atoms with Crippen molar-refractivity contribution >= 4 is 17.5 Å². The van der Waals surface area contributed by atoms with Crippen LogP contribution >= 0.6 is 0 Å². The largest absolute Gasteiger partial charge is 0.376 e. The van der Waals surface area contributed by atoms with E-state index in [1.807, 2.05) is 36.0 Å². The molecule has 7 heteroatoms. The van der Waals surface area contributed by atoms with Gasteiger partial charge in [0.15, 0.2) is 0 Å². The fraction of sp³-hybridized carbons (Fsp3) is 0.667. The van der Waals surface area contributed by atoms with Crippen LogP contribution in [0.25, 0.3) is 0 Å². The second-order valence-electron chi connectivity index (χ2n) is 6.90. The first-order valence-electron chi connectivity index (χ1n) is 9.04. The van der Waals surface area contributed by atoms with E-state index < -0.39 is 0 Å². The number of nitrogens with zero attached hydrogens (tertiary/aromatic N) is 3. The van der Waals surface area contributed by atoms with Gasteiger partial charge in [0, 0.05) is 40.4 Å². The molecule has 2 fully saturated rings. The summed E-state index contributed by atoms with van der Waals surface area (Å²) in [4.78, 5) is 20.9. The van der Waals surface area contributed by atoms with E-state index in [1.165, 1.54) is 0 Å². The summed E-state index contributed by atoms with van der Waals surface area (Å²) in [7, 11) is 3.87. The van der Waals surface area contributed by atoms with E-state index in [1.54, 1.807) is 6.20 Å². The molecule has 138 valence electrons. The van der Waals surface area contributed by atoms with E-state index in [-0.39, 0.29) is 18.2 Å². The van der Waals surface area contributed by atoms with Crippen LogP contribution in [0.3, 0.4) is 0 Å². The Kier molecular flexibility index (Phi) is 6.09. The molecule has 2 saturated heterocycles. The van der Waals surface area contributed by atoms with Crippen LogP contribution in [-0.4, -0.2) is 68.5 Å². The lowest BCUT2D eigenvalue weighted by atomic mass is 10.2. The number of aromatic nitrogens is 1. The summed E-state index contributed by atoms with van der Waals surface area (Å²) in [5, 5.41) is 2.95. The molecule has 2 atom stereocenters. The summed E-state index contributed by atoms with van der Waals surface area (Å²) < 4.78 is 11.4. The lowest BCUT2D eigenvalue weighted by molar-refractivity contribution is 0.0524. The van der Waals surface area contributed by atoms with Gasteiger partial charge in [-0.1, -0.05) is 0 Å². The van der Waals surface area contributed by atoms with Crippen molar-refractivity contribution < 1.29 is 14.3 Å². The smallest absolute Gasteiger partial charge is 0.322 e. The first-order chi connectivity index (χ1) is 12.1. The van der Waals surface area contributed by atoms with Gasteiger partial charge in [-0.3, -0.25) is 0 Å². The number of hydrogen-bond donors (Lipinski definition) is 1. The van der Waals surface area contributed by atoms with Crippen LogP contribution < -0.4 is 10.2 Å². The molecule has 25 heavy (non-hydrogen) atoms. The molecule has 0 spiro atoms. The Labute approximate surface area is 149 Å². The average Bonchev–Trinajstić information content (AvgIpc) is 3.28. The van der Waals surface area contributed by atoms with Crippen LogP contribution in [0.15, 0.2) is 18.3 Å². The molecule has 1 aromatic rings. The van der Waals surface area contributed by atoms with Crippen LogP contribution in [0.4, 0.5) is 16.3 Å². The van der Waals surface area contributed by atoms with Crippen LogP contribution in [-0.2, 0) is 9.47 Å². The summed E-state index contributed by atoms with van der Waals surface area (Å²) in [5.41, 5.74) is 0.695. The quantitative estimate of drug-likeness (QED) is 0.855. The van der Waals surface area contributed by atoms with Crippen molar-refractivity contribution in [3.8, 4) is 0 Å².